The monoisotopic (exact) mass is 416 g/mol. The normalized spacial score (nSPS) is 20.1. The van der Waals surface area contributed by atoms with E-state index in [2.05, 4.69) is 15.9 Å². The van der Waals surface area contributed by atoms with Crippen molar-refractivity contribution in [2.24, 2.45) is 0 Å². The summed E-state index contributed by atoms with van der Waals surface area (Å²) in [5, 5.41) is 0.205. The number of hydrogen-bond acceptors (Lipinski definition) is 5. The highest BCUT2D eigenvalue weighted by Gasteiger charge is 2.31. The first-order valence-electron chi connectivity index (χ1n) is 6.08. The quantitative estimate of drug-likeness (QED) is 0.735. The van der Waals surface area contributed by atoms with Gasteiger partial charge in [-0.25, -0.2) is 16.8 Å². The smallest absolute Gasteiger partial charge is 0.244 e. The molecule has 0 unspecified atom stereocenters. The third-order valence-electron chi connectivity index (χ3n) is 3.16. The fourth-order valence-electron chi connectivity index (χ4n) is 2.07. The van der Waals surface area contributed by atoms with E-state index in [1.807, 2.05) is 0 Å². The van der Waals surface area contributed by atoms with E-state index in [1.165, 1.54) is 12.1 Å². The second-order valence-corrected chi connectivity index (χ2v) is 10.2. The number of nitrogen functional groups attached to an aromatic ring is 1. The average Bonchev–Trinajstić information content (AvgIpc) is 2.55. The van der Waals surface area contributed by atoms with E-state index in [4.69, 9.17) is 17.3 Å². The second-order valence-electron chi connectivity index (χ2n) is 4.72. The van der Waals surface area contributed by atoms with Gasteiger partial charge in [-0.1, -0.05) is 11.6 Å². The molecule has 1 saturated heterocycles. The molecule has 0 aromatic heterocycles. The first kappa shape index (κ1) is 17.0. The number of hydrogen-bond donors (Lipinski definition) is 1. The number of nitrogens with zero attached hydrogens (tertiary/aromatic N) is 1. The van der Waals surface area contributed by atoms with Crippen LogP contribution in [0.4, 0.5) is 5.69 Å². The van der Waals surface area contributed by atoms with Crippen LogP contribution in [0.15, 0.2) is 21.5 Å². The molecule has 0 saturated carbocycles. The van der Waals surface area contributed by atoms with Gasteiger partial charge in [-0.2, -0.15) is 4.31 Å². The van der Waals surface area contributed by atoms with Crippen LogP contribution in [0.25, 0.3) is 0 Å². The molecule has 2 rings (SSSR count). The highest BCUT2D eigenvalue weighted by molar-refractivity contribution is 9.10. The van der Waals surface area contributed by atoms with Gasteiger partial charge in [0.2, 0.25) is 10.0 Å². The van der Waals surface area contributed by atoms with Gasteiger partial charge in [-0.15, -0.1) is 0 Å². The fourth-order valence-corrected chi connectivity index (χ4v) is 6.19. The maximum absolute atomic E-state index is 12.7. The van der Waals surface area contributed by atoms with Gasteiger partial charge in [0.05, 0.1) is 20.9 Å². The molecule has 1 aliphatic heterocycles. The Labute approximate surface area is 137 Å². The Morgan fingerprint density at radius 3 is 2.57 bits per heavy atom. The second kappa shape index (κ2) is 6.04. The van der Waals surface area contributed by atoms with E-state index >= 15 is 0 Å². The Balaban J connectivity index is 2.43. The van der Waals surface area contributed by atoms with Gasteiger partial charge in [-0.05, 0) is 34.5 Å². The highest BCUT2D eigenvalue weighted by atomic mass is 79.9. The van der Waals surface area contributed by atoms with E-state index in [9.17, 15) is 16.8 Å². The molecule has 0 spiro atoms. The largest absolute Gasteiger partial charge is 0.398 e. The maximum atomic E-state index is 12.7. The van der Waals surface area contributed by atoms with Crippen LogP contribution in [-0.2, 0) is 19.9 Å². The molecule has 1 heterocycles. The maximum Gasteiger partial charge on any atom is 0.244 e. The standard InChI is InChI=1S/C11H14BrClN2O4S2/c12-11-9(14)6-8(13)7-10(11)21(18,19)15-2-1-4-20(16,17)5-3-15/h6-7H,1-5,14H2. The van der Waals surface area contributed by atoms with E-state index in [0.29, 0.717) is 0 Å². The van der Waals surface area contributed by atoms with Crippen LogP contribution in [0.1, 0.15) is 6.42 Å². The molecular formula is C11H14BrClN2O4S2. The fraction of sp³-hybridized carbons (Fsp3) is 0.455. The first-order chi connectivity index (χ1) is 9.63. The average molecular weight is 418 g/mol. The Morgan fingerprint density at radius 2 is 1.90 bits per heavy atom. The molecule has 0 bridgehead atoms. The summed E-state index contributed by atoms with van der Waals surface area (Å²) in [6.07, 6.45) is 0.273. The summed E-state index contributed by atoms with van der Waals surface area (Å²) in [5.41, 5.74) is 5.92. The van der Waals surface area contributed by atoms with Crippen molar-refractivity contribution in [3.8, 4) is 0 Å². The summed E-state index contributed by atoms with van der Waals surface area (Å²) in [5.74, 6) is -0.183. The van der Waals surface area contributed by atoms with Crippen LogP contribution in [0.5, 0.6) is 0 Å². The molecular weight excluding hydrogens is 404 g/mol. The Bertz CT molecular complexity index is 765. The van der Waals surface area contributed by atoms with E-state index in [-0.39, 0.29) is 51.1 Å². The summed E-state index contributed by atoms with van der Waals surface area (Å²) in [6, 6.07) is 2.74. The summed E-state index contributed by atoms with van der Waals surface area (Å²) in [6.45, 7) is 0.0872. The molecule has 0 aliphatic carbocycles. The Morgan fingerprint density at radius 1 is 1.24 bits per heavy atom. The lowest BCUT2D eigenvalue weighted by molar-refractivity contribution is 0.434. The topological polar surface area (TPSA) is 97.5 Å². The number of sulfone groups is 1. The lowest BCUT2D eigenvalue weighted by Gasteiger charge is -2.20. The van der Waals surface area contributed by atoms with E-state index < -0.39 is 19.9 Å². The Hall–Kier alpha value is -0.350. The van der Waals surface area contributed by atoms with E-state index in [0.717, 1.165) is 4.31 Å². The van der Waals surface area contributed by atoms with Gasteiger partial charge in [0.15, 0.2) is 9.84 Å². The number of benzene rings is 1. The van der Waals surface area contributed by atoms with Crippen molar-refractivity contribution >= 4 is 53.1 Å². The molecule has 1 aliphatic rings. The first-order valence-corrected chi connectivity index (χ1v) is 10.5. The number of rotatable bonds is 2. The highest BCUT2D eigenvalue weighted by Crippen LogP contribution is 2.33. The van der Waals surface area contributed by atoms with E-state index in [1.54, 1.807) is 0 Å². The SMILES string of the molecule is Nc1cc(Cl)cc(S(=O)(=O)N2CCCS(=O)(=O)CC2)c1Br. The molecule has 1 aromatic rings. The zero-order valence-electron chi connectivity index (χ0n) is 10.9. The van der Waals surface area contributed by atoms with Crippen molar-refractivity contribution < 1.29 is 16.8 Å². The van der Waals surface area contributed by atoms with Crippen molar-refractivity contribution in [3.05, 3.63) is 21.6 Å². The number of anilines is 1. The van der Waals surface area contributed by atoms with Crippen LogP contribution in [0.2, 0.25) is 5.02 Å². The minimum Gasteiger partial charge on any atom is -0.398 e. The van der Waals surface area contributed by atoms with Gasteiger partial charge in [-0.3, -0.25) is 0 Å². The molecule has 1 aromatic carbocycles. The summed E-state index contributed by atoms with van der Waals surface area (Å²) >= 11 is 9.02. The van der Waals surface area contributed by atoms with Gasteiger partial charge >= 0.3 is 0 Å². The third kappa shape index (κ3) is 3.70. The molecule has 2 N–H and O–H groups in total. The van der Waals surface area contributed by atoms with Crippen molar-refractivity contribution in [2.75, 3.05) is 30.3 Å². The van der Waals surface area contributed by atoms with Gasteiger partial charge < -0.3 is 5.73 Å². The van der Waals surface area contributed by atoms with Crippen LogP contribution < -0.4 is 5.73 Å². The third-order valence-corrected chi connectivity index (χ3v) is 8.17. The van der Waals surface area contributed by atoms with Crippen LogP contribution in [-0.4, -0.2) is 45.7 Å². The van der Waals surface area contributed by atoms with Crippen molar-refractivity contribution in [2.45, 2.75) is 11.3 Å². The predicted molar refractivity (Wildman–Crippen MR) is 85.6 cm³/mol. The molecule has 118 valence electrons. The van der Waals surface area contributed by atoms with Gasteiger partial charge in [0, 0.05) is 23.8 Å². The van der Waals surface area contributed by atoms with Gasteiger partial charge in [0.1, 0.15) is 0 Å². The molecule has 0 atom stereocenters. The lowest BCUT2D eigenvalue weighted by atomic mass is 10.3. The zero-order valence-corrected chi connectivity index (χ0v) is 14.9. The molecule has 0 radical (unpaired) electrons. The van der Waals surface area contributed by atoms with Crippen LogP contribution in [0.3, 0.4) is 0 Å². The van der Waals surface area contributed by atoms with Crippen molar-refractivity contribution in [1.29, 1.82) is 0 Å². The van der Waals surface area contributed by atoms with Crippen molar-refractivity contribution in [3.63, 3.8) is 0 Å². The molecule has 10 heteroatoms. The predicted octanol–water partition coefficient (Wildman–Crippen LogP) is 1.49. The summed E-state index contributed by atoms with van der Waals surface area (Å²) in [7, 11) is -7.04. The molecule has 1 fully saturated rings. The number of nitrogens with two attached hydrogens (primary N) is 1. The number of sulfonamides is 1. The molecule has 21 heavy (non-hydrogen) atoms. The number of halogens is 2. The summed E-state index contributed by atoms with van der Waals surface area (Å²) in [4.78, 5) is -0.0493. The Kier molecular flexibility index (Phi) is 4.89. The van der Waals surface area contributed by atoms with Crippen LogP contribution in [0, 0.1) is 0 Å². The molecule has 0 amide bonds. The zero-order chi connectivity index (χ0) is 15.8. The lowest BCUT2D eigenvalue weighted by Crippen LogP contribution is -2.34. The minimum atomic E-state index is -3.85. The summed E-state index contributed by atoms with van der Waals surface area (Å²) < 4.78 is 49.9. The minimum absolute atomic E-state index is 0.00211. The van der Waals surface area contributed by atoms with Gasteiger partial charge in [0.25, 0.3) is 0 Å². The van der Waals surface area contributed by atoms with Crippen LogP contribution >= 0.6 is 27.5 Å². The molecule has 6 nitrogen and oxygen atoms in total. The van der Waals surface area contributed by atoms with Crippen molar-refractivity contribution in [1.82, 2.24) is 4.31 Å².